The van der Waals surface area contributed by atoms with Crippen molar-refractivity contribution in [1.29, 1.82) is 0 Å². The molecule has 3 nitrogen and oxygen atoms in total. The van der Waals surface area contributed by atoms with Crippen LogP contribution in [0.4, 0.5) is 0 Å². The molecular weight excluding hydrogens is 198 g/mol. The molecule has 1 aromatic rings. The summed E-state index contributed by atoms with van der Waals surface area (Å²) in [5.41, 5.74) is 0.286. The fourth-order valence-corrected chi connectivity index (χ4v) is 0.933. The first-order valence-electron chi connectivity index (χ1n) is 2.69. The van der Waals surface area contributed by atoms with E-state index in [0.29, 0.717) is 4.47 Å². The van der Waals surface area contributed by atoms with Gasteiger partial charge in [0.05, 0.1) is 11.1 Å². The standard InChI is InChI=1S/C6H6BrNO2/c7-4-1-2-8-5(3-9)6(4)10/h1-2,9-10H,3H2. The van der Waals surface area contributed by atoms with Crippen LogP contribution in [0.5, 0.6) is 5.75 Å². The molecule has 0 aliphatic heterocycles. The number of aromatic nitrogens is 1. The van der Waals surface area contributed by atoms with Crippen LogP contribution in [0.3, 0.4) is 0 Å². The van der Waals surface area contributed by atoms with Crippen LogP contribution < -0.4 is 0 Å². The van der Waals surface area contributed by atoms with E-state index in [4.69, 9.17) is 10.2 Å². The lowest BCUT2D eigenvalue weighted by Gasteiger charge is -1.99. The molecule has 0 spiro atoms. The van der Waals surface area contributed by atoms with Gasteiger partial charge in [-0.15, -0.1) is 0 Å². The third-order valence-electron chi connectivity index (χ3n) is 1.10. The number of aromatic hydroxyl groups is 1. The molecule has 0 bridgehead atoms. The third kappa shape index (κ3) is 1.27. The highest BCUT2D eigenvalue weighted by Crippen LogP contribution is 2.25. The monoisotopic (exact) mass is 203 g/mol. The van der Waals surface area contributed by atoms with Gasteiger partial charge in [0.2, 0.25) is 0 Å². The first kappa shape index (κ1) is 7.50. The first-order chi connectivity index (χ1) is 4.75. The number of rotatable bonds is 1. The van der Waals surface area contributed by atoms with Crippen molar-refractivity contribution in [2.24, 2.45) is 0 Å². The molecule has 4 heteroatoms. The predicted octanol–water partition coefficient (Wildman–Crippen LogP) is 1.04. The van der Waals surface area contributed by atoms with Crippen molar-refractivity contribution < 1.29 is 10.2 Å². The summed E-state index contributed by atoms with van der Waals surface area (Å²) in [6, 6.07) is 1.61. The minimum Gasteiger partial charge on any atom is -0.505 e. The smallest absolute Gasteiger partial charge is 0.153 e. The number of pyridine rings is 1. The van der Waals surface area contributed by atoms with E-state index in [-0.39, 0.29) is 18.1 Å². The molecule has 10 heavy (non-hydrogen) atoms. The normalized spacial score (nSPS) is 9.80. The van der Waals surface area contributed by atoms with E-state index in [0.717, 1.165) is 0 Å². The van der Waals surface area contributed by atoms with E-state index in [1.165, 1.54) is 6.20 Å². The Hall–Kier alpha value is -0.610. The molecule has 2 N–H and O–H groups in total. The van der Waals surface area contributed by atoms with Crippen molar-refractivity contribution in [2.75, 3.05) is 0 Å². The summed E-state index contributed by atoms with van der Waals surface area (Å²) in [6.07, 6.45) is 1.51. The maximum atomic E-state index is 9.13. The van der Waals surface area contributed by atoms with Gasteiger partial charge in [-0.1, -0.05) is 0 Å². The molecule has 0 amide bonds. The zero-order valence-corrected chi connectivity index (χ0v) is 6.67. The van der Waals surface area contributed by atoms with Gasteiger partial charge in [0, 0.05) is 6.20 Å². The molecule has 0 saturated heterocycles. The van der Waals surface area contributed by atoms with Crippen LogP contribution >= 0.6 is 15.9 Å². The summed E-state index contributed by atoms with van der Waals surface area (Å²) >= 11 is 3.09. The van der Waals surface area contributed by atoms with Crippen molar-refractivity contribution in [3.8, 4) is 5.75 Å². The molecule has 1 heterocycles. The topological polar surface area (TPSA) is 53.4 Å². The van der Waals surface area contributed by atoms with Crippen molar-refractivity contribution in [2.45, 2.75) is 6.61 Å². The Kier molecular flexibility index (Phi) is 2.24. The van der Waals surface area contributed by atoms with Crippen LogP contribution in [-0.4, -0.2) is 15.2 Å². The van der Waals surface area contributed by atoms with Crippen LogP contribution in [0.15, 0.2) is 16.7 Å². The van der Waals surface area contributed by atoms with Crippen LogP contribution in [-0.2, 0) is 6.61 Å². The van der Waals surface area contributed by atoms with Gasteiger partial charge in [-0.25, -0.2) is 0 Å². The highest BCUT2D eigenvalue weighted by molar-refractivity contribution is 9.10. The van der Waals surface area contributed by atoms with Gasteiger partial charge in [-0.2, -0.15) is 0 Å². The zero-order chi connectivity index (χ0) is 7.56. The molecule has 0 unspecified atom stereocenters. The van der Waals surface area contributed by atoms with Gasteiger partial charge in [0.25, 0.3) is 0 Å². The van der Waals surface area contributed by atoms with Crippen molar-refractivity contribution in [3.63, 3.8) is 0 Å². The van der Waals surface area contributed by atoms with Crippen LogP contribution in [0.25, 0.3) is 0 Å². The number of aliphatic hydroxyl groups excluding tert-OH is 1. The molecule has 0 fully saturated rings. The van der Waals surface area contributed by atoms with E-state index >= 15 is 0 Å². The lowest BCUT2D eigenvalue weighted by Crippen LogP contribution is -1.88. The number of aliphatic hydroxyl groups is 1. The summed E-state index contributed by atoms with van der Waals surface area (Å²) in [7, 11) is 0. The number of nitrogens with zero attached hydrogens (tertiary/aromatic N) is 1. The van der Waals surface area contributed by atoms with E-state index in [1.54, 1.807) is 6.07 Å². The number of halogens is 1. The summed E-state index contributed by atoms with van der Waals surface area (Å²) in [6.45, 7) is -0.245. The molecule has 54 valence electrons. The average Bonchev–Trinajstić information content (AvgIpc) is 1.95. The number of hydrogen-bond donors (Lipinski definition) is 2. The predicted molar refractivity (Wildman–Crippen MR) is 39.5 cm³/mol. The van der Waals surface area contributed by atoms with Crippen molar-refractivity contribution in [3.05, 3.63) is 22.4 Å². The molecule has 0 aromatic carbocycles. The van der Waals surface area contributed by atoms with Crippen molar-refractivity contribution >= 4 is 15.9 Å². The second kappa shape index (κ2) is 2.98. The Morgan fingerprint density at radius 2 is 2.30 bits per heavy atom. The largest absolute Gasteiger partial charge is 0.505 e. The second-order valence-corrected chi connectivity index (χ2v) is 2.60. The molecule has 1 rings (SSSR count). The Morgan fingerprint density at radius 3 is 2.80 bits per heavy atom. The summed E-state index contributed by atoms with van der Waals surface area (Å²) < 4.78 is 0.548. The quantitative estimate of drug-likeness (QED) is 0.718. The summed E-state index contributed by atoms with van der Waals surface area (Å²) in [4.78, 5) is 3.73. The first-order valence-corrected chi connectivity index (χ1v) is 3.48. The fourth-order valence-electron chi connectivity index (χ4n) is 0.586. The van der Waals surface area contributed by atoms with Gasteiger partial charge < -0.3 is 10.2 Å². The van der Waals surface area contributed by atoms with Crippen LogP contribution in [0, 0.1) is 0 Å². The molecule has 0 aliphatic carbocycles. The van der Waals surface area contributed by atoms with Gasteiger partial charge in [-0.3, -0.25) is 4.98 Å². The van der Waals surface area contributed by atoms with Crippen LogP contribution in [0.1, 0.15) is 5.69 Å². The zero-order valence-electron chi connectivity index (χ0n) is 5.08. The maximum absolute atomic E-state index is 9.13. The molecular formula is C6H6BrNO2. The van der Waals surface area contributed by atoms with Crippen molar-refractivity contribution in [1.82, 2.24) is 4.98 Å². The molecule has 0 radical (unpaired) electrons. The fraction of sp³-hybridized carbons (Fsp3) is 0.167. The van der Waals surface area contributed by atoms with Gasteiger partial charge in [0.1, 0.15) is 5.69 Å². The van der Waals surface area contributed by atoms with Gasteiger partial charge >= 0.3 is 0 Å². The maximum Gasteiger partial charge on any atom is 0.153 e. The average molecular weight is 204 g/mol. The SMILES string of the molecule is OCc1nccc(Br)c1O. The van der Waals surface area contributed by atoms with E-state index in [9.17, 15) is 0 Å². The highest BCUT2D eigenvalue weighted by atomic mass is 79.9. The highest BCUT2D eigenvalue weighted by Gasteiger charge is 2.03. The Morgan fingerprint density at radius 1 is 1.60 bits per heavy atom. The van der Waals surface area contributed by atoms with E-state index < -0.39 is 0 Å². The minimum atomic E-state index is -0.245. The molecule has 0 aliphatic rings. The molecule has 1 aromatic heterocycles. The van der Waals surface area contributed by atoms with E-state index in [1.807, 2.05) is 0 Å². The lowest BCUT2D eigenvalue weighted by molar-refractivity contribution is 0.269. The molecule has 0 saturated carbocycles. The van der Waals surface area contributed by atoms with Gasteiger partial charge in [0.15, 0.2) is 5.75 Å². The Bertz CT molecular complexity index is 239. The van der Waals surface area contributed by atoms with E-state index in [2.05, 4.69) is 20.9 Å². The molecule has 0 atom stereocenters. The minimum absolute atomic E-state index is 0.00463. The third-order valence-corrected chi connectivity index (χ3v) is 1.74. The Balaban J connectivity index is 3.14. The summed E-state index contributed by atoms with van der Waals surface area (Å²) in [5, 5.41) is 17.7. The van der Waals surface area contributed by atoms with Gasteiger partial charge in [-0.05, 0) is 22.0 Å². The Labute approximate surface area is 66.5 Å². The number of hydrogen-bond acceptors (Lipinski definition) is 3. The van der Waals surface area contributed by atoms with Crippen LogP contribution in [0.2, 0.25) is 0 Å². The second-order valence-electron chi connectivity index (χ2n) is 1.75. The lowest BCUT2D eigenvalue weighted by atomic mass is 10.3. The summed E-state index contributed by atoms with van der Waals surface area (Å²) in [5.74, 6) is 0.00463.